The molecule has 1 aromatic carbocycles. The number of benzene rings is 1. The van der Waals surface area contributed by atoms with Crippen LogP contribution in [0.25, 0.3) is 0 Å². The van der Waals surface area contributed by atoms with Gasteiger partial charge in [-0.15, -0.1) is 0 Å². The highest BCUT2D eigenvalue weighted by atomic mass is 19.1. The van der Waals surface area contributed by atoms with Crippen LogP contribution >= 0.6 is 0 Å². The summed E-state index contributed by atoms with van der Waals surface area (Å²) in [5.74, 6) is -1.17. The monoisotopic (exact) mass is 362 g/mol. The second-order valence-corrected chi connectivity index (χ2v) is 7.00. The average Bonchev–Trinajstić information content (AvgIpc) is 2.92. The number of aryl methyl sites for hydroxylation is 2. The summed E-state index contributed by atoms with van der Waals surface area (Å²) in [5.41, 5.74) is 2.04. The number of hydrogen-bond acceptors (Lipinski definition) is 3. The van der Waals surface area contributed by atoms with E-state index in [1.807, 2.05) is 21.0 Å². The Morgan fingerprint density at radius 2 is 1.81 bits per heavy atom. The molecule has 1 amide bonds. The van der Waals surface area contributed by atoms with Gasteiger partial charge in [-0.1, -0.05) is 0 Å². The number of carbonyl (C=O) groups excluding carboxylic acids is 1. The van der Waals surface area contributed by atoms with E-state index >= 15 is 0 Å². The van der Waals surface area contributed by atoms with E-state index in [1.54, 1.807) is 15.6 Å². The van der Waals surface area contributed by atoms with E-state index in [9.17, 15) is 13.6 Å². The number of carbonyl (C=O) groups is 1. The zero-order valence-electron chi connectivity index (χ0n) is 15.4. The predicted molar refractivity (Wildman–Crippen MR) is 94.7 cm³/mol. The Labute approximate surface area is 152 Å². The van der Waals surface area contributed by atoms with Crippen molar-refractivity contribution in [2.24, 2.45) is 7.05 Å². The maximum absolute atomic E-state index is 13.3. The molecule has 1 fully saturated rings. The number of rotatable bonds is 4. The molecular formula is C19H24F2N4O. The summed E-state index contributed by atoms with van der Waals surface area (Å²) in [4.78, 5) is 16.5. The molecule has 7 heteroatoms. The fraction of sp³-hybridized carbons (Fsp3) is 0.474. The van der Waals surface area contributed by atoms with Crippen LogP contribution in [-0.2, 0) is 13.6 Å². The van der Waals surface area contributed by atoms with Crippen molar-refractivity contribution in [1.82, 2.24) is 19.6 Å². The van der Waals surface area contributed by atoms with Gasteiger partial charge >= 0.3 is 0 Å². The Hall–Kier alpha value is -2.28. The van der Waals surface area contributed by atoms with Crippen molar-refractivity contribution in [2.45, 2.75) is 32.4 Å². The molecule has 0 bridgehead atoms. The highest BCUT2D eigenvalue weighted by molar-refractivity contribution is 5.92. The van der Waals surface area contributed by atoms with E-state index in [-0.39, 0.29) is 11.9 Å². The number of hydrogen-bond donors (Lipinski definition) is 0. The zero-order chi connectivity index (χ0) is 18.8. The molecule has 1 saturated heterocycles. The Bertz CT molecular complexity index is 757. The van der Waals surface area contributed by atoms with Gasteiger partial charge in [0.1, 0.15) is 11.6 Å². The molecule has 2 heterocycles. The lowest BCUT2D eigenvalue weighted by atomic mass is 10.0. The lowest BCUT2D eigenvalue weighted by Gasteiger charge is -2.36. The fourth-order valence-corrected chi connectivity index (χ4v) is 3.44. The van der Waals surface area contributed by atoms with Gasteiger partial charge in [-0.05, 0) is 43.5 Å². The average molecular weight is 362 g/mol. The van der Waals surface area contributed by atoms with Gasteiger partial charge in [0.2, 0.25) is 0 Å². The molecule has 3 rings (SSSR count). The Morgan fingerprint density at radius 1 is 1.19 bits per heavy atom. The molecule has 1 aromatic heterocycles. The quantitative estimate of drug-likeness (QED) is 0.840. The van der Waals surface area contributed by atoms with Gasteiger partial charge in [-0.2, -0.15) is 5.10 Å². The normalized spacial score (nSPS) is 16.0. The SMILES string of the molecule is Cc1cc(C(=O)N(C)C2CCN(Cc3cc(F)cc(F)c3)CC2)nn1C. The van der Waals surface area contributed by atoms with Gasteiger partial charge in [0.05, 0.1) is 0 Å². The second kappa shape index (κ2) is 7.53. The van der Waals surface area contributed by atoms with E-state index in [0.717, 1.165) is 37.7 Å². The topological polar surface area (TPSA) is 41.4 Å². The number of aromatic nitrogens is 2. The molecule has 140 valence electrons. The largest absolute Gasteiger partial charge is 0.337 e. The van der Waals surface area contributed by atoms with Crippen LogP contribution in [0.3, 0.4) is 0 Å². The summed E-state index contributed by atoms with van der Waals surface area (Å²) in [5, 5.41) is 4.26. The first-order valence-corrected chi connectivity index (χ1v) is 8.78. The Morgan fingerprint density at radius 3 is 2.35 bits per heavy atom. The minimum atomic E-state index is -0.550. The van der Waals surface area contributed by atoms with Gasteiger partial charge in [-0.25, -0.2) is 8.78 Å². The first-order chi connectivity index (χ1) is 12.3. The summed E-state index contributed by atoms with van der Waals surface area (Å²) >= 11 is 0. The minimum absolute atomic E-state index is 0.0700. The summed E-state index contributed by atoms with van der Waals surface area (Å²) in [6, 6.07) is 5.56. The maximum atomic E-state index is 13.3. The van der Waals surface area contributed by atoms with Crippen LogP contribution in [0.5, 0.6) is 0 Å². The fourth-order valence-electron chi connectivity index (χ4n) is 3.44. The van der Waals surface area contributed by atoms with Crippen molar-refractivity contribution >= 4 is 5.91 Å². The lowest BCUT2D eigenvalue weighted by Crippen LogP contribution is -2.45. The highest BCUT2D eigenvalue weighted by Crippen LogP contribution is 2.20. The molecule has 0 spiro atoms. The molecule has 0 saturated carbocycles. The third-order valence-corrected chi connectivity index (χ3v) is 5.09. The van der Waals surface area contributed by atoms with E-state index in [4.69, 9.17) is 0 Å². The summed E-state index contributed by atoms with van der Waals surface area (Å²) in [6.45, 7) is 3.99. The molecular weight excluding hydrogens is 338 g/mol. The summed E-state index contributed by atoms with van der Waals surface area (Å²) < 4.78 is 28.3. The molecule has 0 N–H and O–H groups in total. The molecule has 0 atom stereocenters. The Kier molecular flexibility index (Phi) is 5.36. The van der Waals surface area contributed by atoms with Crippen molar-refractivity contribution in [2.75, 3.05) is 20.1 Å². The molecule has 0 aliphatic carbocycles. The van der Waals surface area contributed by atoms with Crippen molar-refractivity contribution in [3.8, 4) is 0 Å². The van der Waals surface area contributed by atoms with Crippen LogP contribution in [0.2, 0.25) is 0 Å². The van der Waals surface area contributed by atoms with Crippen LogP contribution in [-0.4, -0.2) is 51.7 Å². The number of piperidine rings is 1. The molecule has 1 aliphatic heterocycles. The number of likely N-dealkylation sites (tertiary alicyclic amines) is 1. The van der Waals surface area contributed by atoms with E-state index in [1.165, 1.54) is 12.1 Å². The van der Waals surface area contributed by atoms with Gasteiger partial charge < -0.3 is 4.90 Å². The maximum Gasteiger partial charge on any atom is 0.274 e. The molecule has 0 unspecified atom stereocenters. The summed E-state index contributed by atoms with van der Waals surface area (Å²) in [6.07, 6.45) is 1.65. The van der Waals surface area contributed by atoms with E-state index in [0.29, 0.717) is 17.8 Å². The number of halogens is 2. The first kappa shape index (κ1) is 18.5. The summed E-state index contributed by atoms with van der Waals surface area (Å²) in [7, 11) is 3.63. The van der Waals surface area contributed by atoms with Crippen molar-refractivity contribution in [3.63, 3.8) is 0 Å². The van der Waals surface area contributed by atoms with Crippen LogP contribution in [0.1, 0.15) is 34.6 Å². The van der Waals surface area contributed by atoms with Crippen molar-refractivity contribution < 1.29 is 13.6 Å². The van der Waals surface area contributed by atoms with Crippen LogP contribution in [0, 0.1) is 18.6 Å². The standard InChI is InChI=1S/C19H24F2N4O/c1-13-8-18(22-24(13)3)19(26)23(2)17-4-6-25(7-5-17)12-14-9-15(20)11-16(21)10-14/h8-11,17H,4-7,12H2,1-3H3. The van der Waals surface area contributed by atoms with Crippen molar-refractivity contribution in [1.29, 1.82) is 0 Å². The first-order valence-electron chi connectivity index (χ1n) is 8.78. The van der Waals surface area contributed by atoms with Gasteiger partial charge in [0.25, 0.3) is 5.91 Å². The third-order valence-electron chi connectivity index (χ3n) is 5.09. The van der Waals surface area contributed by atoms with Crippen LogP contribution < -0.4 is 0 Å². The third kappa shape index (κ3) is 4.09. The molecule has 1 aliphatic rings. The Balaban J connectivity index is 1.56. The predicted octanol–water partition coefficient (Wildman–Crippen LogP) is 2.74. The van der Waals surface area contributed by atoms with E-state index in [2.05, 4.69) is 10.00 Å². The van der Waals surface area contributed by atoms with Crippen LogP contribution in [0.4, 0.5) is 8.78 Å². The number of nitrogens with zero attached hydrogens (tertiary/aromatic N) is 4. The minimum Gasteiger partial charge on any atom is -0.337 e. The molecule has 0 radical (unpaired) electrons. The number of amides is 1. The van der Waals surface area contributed by atoms with E-state index < -0.39 is 11.6 Å². The highest BCUT2D eigenvalue weighted by Gasteiger charge is 2.27. The van der Waals surface area contributed by atoms with Crippen LogP contribution in [0.15, 0.2) is 24.3 Å². The molecule has 2 aromatic rings. The van der Waals surface area contributed by atoms with Gasteiger partial charge in [0.15, 0.2) is 5.69 Å². The molecule has 5 nitrogen and oxygen atoms in total. The smallest absolute Gasteiger partial charge is 0.274 e. The molecule has 26 heavy (non-hydrogen) atoms. The van der Waals surface area contributed by atoms with Gasteiger partial charge in [0, 0.05) is 51.5 Å². The van der Waals surface area contributed by atoms with Crippen molar-refractivity contribution in [3.05, 3.63) is 52.9 Å². The van der Waals surface area contributed by atoms with Gasteiger partial charge in [-0.3, -0.25) is 14.4 Å². The zero-order valence-corrected chi connectivity index (χ0v) is 15.4. The lowest BCUT2D eigenvalue weighted by molar-refractivity contribution is 0.0629. The second-order valence-electron chi connectivity index (χ2n) is 7.00.